The largest absolute Gasteiger partial charge is 0.506 e. The van der Waals surface area contributed by atoms with Crippen LogP contribution in [-0.4, -0.2) is 11.0 Å². The summed E-state index contributed by atoms with van der Waals surface area (Å²) in [5, 5.41) is 13.1. The molecule has 2 N–H and O–H groups in total. The zero-order chi connectivity index (χ0) is 14.5. The highest BCUT2D eigenvalue weighted by atomic mass is 79.9. The number of carbonyl (C=O) groups is 1. The second kappa shape index (κ2) is 6.77. The minimum Gasteiger partial charge on any atom is -0.506 e. The quantitative estimate of drug-likeness (QED) is 0.819. The first-order valence-corrected chi connectivity index (χ1v) is 7.50. The maximum absolute atomic E-state index is 12.0. The first kappa shape index (κ1) is 14.9. The Morgan fingerprint density at radius 3 is 2.65 bits per heavy atom. The lowest BCUT2D eigenvalue weighted by molar-refractivity contribution is 0.0951. The molecule has 3 nitrogen and oxygen atoms in total. The van der Waals surface area contributed by atoms with Crippen molar-refractivity contribution in [2.24, 2.45) is 0 Å². The van der Waals surface area contributed by atoms with Crippen molar-refractivity contribution in [2.75, 3.05) is 0 Å². The molecule has 0 spiro atoms. The summed E-state index contributed by atoms with van der Waals surface area (Å²) < 4.78 is 0. The minimum atomic E-state index is -0.226. The SMILES string of the molecule is O=C(NCc1cccc(CBr)c1)c1ccc(O)c(Cl)c1. The van der Waals surface area contributed by atoms with E-state index >= 15 is 0 Å². The monoisotopic (exact) mass is 353 g/mol. The molecule has 0 unspecified atom stereocenters. The molecule has 0 atom stereocenters. The van der Waals surface area contributed by atoms with Crippen LogP contribution in [0.4, 0.5) is 0 Å². The van der Waals surface area contributed by atoms with Gasteiger partial charge in [0.1, 0.15) is 5.75 Å². The van der Waals surface area contributed by atoms with Crippen LogP contribution in [0.3, 0.4) is 0 Å². The van der Waals surface area contributed by atoms with Crippen molar-refractivity contribution in [2.45, 2.75) is 11.9 Å². The van der Waals surface area contributed by atoms with Gasteiger partial charge in [-0.05, 0) is 29.3 Å². The van der Waals surface area contributed by atoms with Crippen molar-refractivity contribution in [3.8, 4) is 5.75 Å². The summed E-state index contributed by atoms with van der Waals surface area (Å²) in [4.78, 5) is 12.0. The Balaban J connectivity index is 2.02. The number of halogens is 2. The summed E-state index contributed by atoms with van der Waals surface area (Å²) in [6.45, 7) is 0.443. The van der Waals surface area contributed by atoms with E-state index in [1.807, 2.05) is 24.3 Å². The van der Waals surface area contributed by atoms with Gasteiger partial charge >= 0.3 is 0 Å². The van der Waals surface area contributed by atoms with Gasteiger partial charge in [-0.15, -0.1) is 0 Å². The first-order valence-electron chi connectivity index (χ1n) is 6.00. The standard InChI is InChI=1S/C15H13BrClNO2/c16-8-10-2-1-3-11(6-10)9-18-15(20)12-4-5-14(19)13(17)7-12/h1-7,19H,8-9H2,(H,18,20). The lowest BCUT2D eigenvalue weighted by Gasteiger charge is -2.07. The summed E-state index contributed by atoms with van der Waals surface area (Å²) in [6, 6.07) is 12.3. The van der Waals surface area contributed by atoms with Gasteiger partial charge < -0.3 is 10.4 Å². The van der Waals surface area contributed by atoms with Crippen molar-refractivity contribution in [1.82, 2.24) is 5.32 Å². The van der Waals surface area contributed by atoms with E-state index in [-0.39, 0.29) is 16.7 Å². The molecule has 0 aliphatic rings. The molecule has 104 valence electrons. The van der Waals surface area contributed by atoms with E-state index in [2.05, 4.69) is 21.2 Å². The van der Waals surface area contributed by atoms with Crippen LogP contribution >= 0.6 is 27.5 Å². The number of rotatable bonds is 4. The third-order valence-corrected chi connectivity index (χ3v) is 3.76. The van der Waals surface area contributed by atoms with Crippen molar-refractivity contribution in [3.05, 3.63) is 64.2 Å². The number of hydrogen-bond donors (Lipinski definition) is 2. The zero-order valence-corrected chi connectivity index (χ0v) is 12.9. The number of hydrogen-bond acceptors (Lipinski definition) is 2. The fourth-order valence-electron chi connectivity index (χ4n) is 1.76. The third kappa shape index (κ3) is 3.74. The summed E-state index contributed by atoms with van der Waals surface area (Å²) in [7, 11) is 0. The highest BCUT2D eigenvalue weighted by Gasteiger charge is 2.08. The molecule has 1 amide bonds. The molecule has 20 heavy (non-hydrogen) atoms. The molecular formula is C15H13BrClNO2. The number of carbonyl (C=O) groups excluding carboxylic acids is 1. The Bertz CT molecular complexity index is 631. The van der Waals surface area contributed by atoms with Crippen molar-refractivity contribution in [3.63, 3.8) is 0 Å². The van der Waals surface area contributed by atoms with Crippen LogP contribution < -0.4 is 5.32 Å². The Labute approximate surface area is 130 Å². The predicted molar refractivity (Wildman–Crippen MR) is 83.4 cm³/mol. The lowest BCUT2D eigenvalue weighted by Crippen LogP contribution is -2.22. The molecule has 2 aromatic carbocycles. The summed E-state index contributed by atoms with van der Waals surface area (Å²) in [5.74, 6) is -0.260. The molecule has 0 bridgehead atoms. The Kier molecular flexibility index (Phi) is 5.04. The molecule has 5 heteroatoms. The zero-order valence-electron chi connectivity index (χ0n) is 10.6. The lowest BCUT2D eigenvalue weighted by atomic mass is 10.1. The number of phenols is 1. The predicted octanol–water partition coefficient (Wildman–Crippen LogP) is 3.87. The van der Waals surface area contributed by atoms with Gasteiger partial charge in [-0.3, -0.25) is 4.79 Å². The van der Waals surface area contributed by atoms with Gasteiger partial charge in [-0.1, -0.05) is 51.8 Å². The number of aromatic hydroxyl groups is 1. The summed E-state index contributed by atoms with van der Waals surface area (Å²) in [5.41, 5.74) is 2.61. The molecule has 0 radical (unpaired) electrons. The van der Waals surface area contributed by atoms with Crippen molar-refractivity contribution in [1.29, 1.82) is 0 Å². The molecule has 0 saturated heterocycles. The smallest absolute Gasteiger partial charge is 0.251 e. The minimum absolute atomic E-state index is 0.0340. The molecule has 0 fully saturated rings. The molecule has 0 heterocycles. The van der Waals surface area contributed by atoms with Gasteiger partial charge in [-0.2, -0.15) is 0 Å². The average Bonchev–Trinajstić information content (AvgIpc) is 2.47. The molecule has 0 aliphatic heterocycles. The maximum Gasteiger partial charge on any atom is 0.251 e. The number of nitrogens with one attached hydrogen (secondary N) is 1. The van der Waals surface area contributed by atoms with E-state index in [1.54, 1.807) is 0 Å². The van der Waals surface area contributed by atoms with Crippen LogP contribution in [-0.2, 0) is 11.9 Å². The van der Waals surface area contributed by atoms with Crippen LogP contribution in [0.2, 0.25) is 5.02 Å². The van der Waals surface area contributed by atoms with Crippen LogP contribution in [0.5, 0.6) is 5.75 Å². The molecule has 2 aromatic rings. The van der Waals surface area contributed by atoms with E-state index in [1.165, 1.54) is 18.2 Å². The van der Waals surface area contributed by atoms with Crippen molar-refractivity contribution < 1.29 is 9.90 Å². The molecule has 0 aromatic heterocycles. The molecule has 2 rings (SSSR count). The van der Waals surface area contributed by atoms with Gasteiger partial charge in [-0.25, -0.2) is 0 Å². The van der Waals surface area contributed by atoms with E-state index in [0.717, 1.165) is 16.5 Å². The number of benzene rings is 2. The highest BCUT2D eigenvalue weighted by molar-refractivity contribution is 9.08. The van der Waals surface area contributed by atoms with Crippen LogP contribution in [0.25, 0.3) is 0 Å². The van der Waals surface area contributed by atoms with Gasteiger partial charge in [0.05, 0.1) is 5.02 Å². The highest BCUT2D eigenvalue weighted by Crippen LogP contribution is 2.23. The fraction of sp³-hybridized carbons (Fsp3) is 0.133. The first-order chi connectivity index (χ1) is 9.60. The van der Waals surface area contributed by atoms with E-state index in [9.17, 15) is 9.90 Å². The third-order valence-electron chi connectivity index (χ3n) is 2.81. The number of alkyl halides is 1. The van der Waals surface area contributed by atoms with Crippen molar-refractivity contribution >= 4 is 33.4 Å². The van der Waals surface area contributed by atoms with Crippen LogP contribution in [0.15, 0.2) is 42.5 Å². The van der Waals surface area contributed by atoms with Gasteiger partial charge in [0, 0.05) is 17.4 Å². The topological polar surface area (TPSA) is 49.3 Å². The molecule has 0 saturated carbocycles. The average molecular weight is 355 g/mol. The Morgan fingerprint density at radius 1 is 1.20 bits per heavy atom. The van der Waals surface area contributed by atoms with Crippen LogP contribution in [0.1, 0.15) is 21.5 Å². The van der Waals surface area contributed by atoms with E-state index in [4.69, 9.17) is 11.6 Å². The Morgan fingerprint density at radius 2 is 1.95 bits per heavy atom. The van der Waals surface area contributed by atoms with E-state index in [0.29, 0.717) is 12.1 Å². The maximum atomic E-state index is 12.0. The second-order valence-electron chi connectivity index (χ2n) is 4.30. The fourth-order valence-corrected chi connectivity index (χ4v) is 2.28. The number of amides is 1. The van der Waals surface area contributed by atoms with Gasteiger partial charge in [0.2, 0.25) is 0 Å². The molecule has 0 aliphatic carbocycles. The summed E-state index contributed by atoms with van der Waals surface area (Å²) >= 11 is 9.18. The normalized spacial score (nSPS) is 10.3. The Hall–Kier alpha value is -1.52. The summed E-state index contributed by atoms with van der Waals surface area (Å²) in [6.07, 6.45) is 0. The van der Waals surface area contributed by atoms with Crippen LogP contribution in [0, 0.1) is 0 Å². The van der Waals surface area contributed by atoms with Gasteiger partial charge in [0.15, 0.2) is 0 Å². The van der Waals surface area contributed by atoms with E-state index < -0.39 is 0 Å². The van der Waals surface area contributed by atoms with Gasteiger partial charge in [0.25, 0.3) is 5.91 Å². The number of phenolic OH excluding ortho intramolecular Hbond substituents is 1. The second-order valence-corrected chi connectivity index (χ2v) is 5.27. The molecular weight excluding hydrogens is 342 g/mol.